The number of amides is 2. The number of hydrogen-bond acceptors (Lipinski definition) is 6. The summed E-state index contributed by atoms with van der Waals surface area (Å²) in [4.78, 5) is 38.7. The molecule has 0 spiro atoms. The molecule has 0 aromatic carbocycles. The summed E-state index contributed by atoms with van der Waals surface area (Å²) in [5.41, 5.74) is 0.634. The van der Waals surface area contributed by atoms with Crippen molar-refractivity contribution < 1.29 is 37.4 Å². The van der Waals surface area contributed by atoms with E-state index in [-0.39, 0.29) is 29.8 Å². The molecule has 1 atom stereocenters. The van der Waals surface area contributed by atoms with Gasteiger partial charge in [-0.05, 0) is 38.5 Å². The van der Waals surface area contributed by atoms with Crippen molar-refractivity contribution >= 4 is 34.1 Å². The number of fused-ring (bicyclic) bond motifs is 1. The number of thiazole rings is 1. The number of nitrogens with zero attached hydrogens (tertiary/aromatic N) is 2. The second-order valence-corrected chi connectivity index (χ2v) is 8.78. The zero-order valence-corrected chi connectivity index (χ0v) is 18.5. The van der Waals surface area contributed by atoms with Gasteiger partial charge in [0.2, 0.25) is 5.91 Å². The molecule has 9 nitrogen and oxygen atoms in total. The van der Waals surface area contributed by atoms with Crippen LogP contribution >= 0.6 is 11.3 Å². The summed E-state index contributed by atoms with van der Waals surface area (Å²) in [6.45, 7) is 1.31. The Balaban J connectivity index is 0.000000383. The van der Waals surface area contributed by atoms with Gasteiger partial charge in [-0.2, -0.15) is 13.2 Å². The molecule has 1 aliphatic carbocycles. The number of imidazole rings is 1. The summed E-state index contributed by atoms with van der Waals surface area (Å²) < 4.78 is 39.0. The predicted octanol–water partition coefficient (Wildman–Crippen LogP) is 2.61. The van der Waals surface area contributed by atoms with Gasteiger partial charge in [-0.1, -0.05) is 0 Å². The number of aromatic nitrogens is 2. The second-order valence-electron chi connectivity index (χ2n) is 7.95. The van der Waals surface area contributed by atoms with Crippen molar-refractivity contribution in [3.05, 3.63) is 23.5 Å². The van der Waals surface area contributed by atoms with E-state index in [1.807, 2.05) is 16.0 Å². The summed E-state index contributed by atoms with van der Waals surface area (Å²) in [7, 11) is 0. The fraction of sp³-hybridized carbons (Fsp3) is 0.600. The number of carboxylic acid groups (broad SMARTS) is 1. The van der Waals surface area contributed by atoms with E-state index in [0.717, 1.165) is 50.1 Å². The van der Waals surface area contributed by atoms with Crippen LogP contribution in [0.15, 0.2) is 17.8 Å². The molecule has 0 bridgehead atoms. The first kappa shape index (κ1) is 25.0. The number of nitrogens with one attached hydrogen (secondary N) is 2. The van der Waals surface area contributed by atoms with E-state index in [4.69, 9.17) is 14.6 Å². The lowest BCUT2D eigenvalue weighted by Crippen LogP contribution is -2.46. The molecule has 1 saturated heterocycles. The smallest absolute Gasteiger partial charge is 0.475 e. The molecule has 2 fully saturated rings. The molecule has 1 saturated carbocycles. The Bertz CT molecular complexity index is 962. The van der Waals surface area contributed by atoms with E-state index in [0.29, 0.717) is 12.3 Å². The van der Waals surface area contributed by atoms with E-state index in [1.54, 1.807) is 6.20 Å². The summed E-state index contributed by atoms with van der Waals surface area (Å²) in [6, 6.07) is 0.367. The molecule has 33 heavy (non-hydrogen) atoms. The van der Waals surface area contributed by atoms with Crippen LogP contribution in [0.3, 0.4) is 0 Å². The molecule has 3 N–H and O–H groups in total. The van der Waals surface area contributed by atoms with E-state index in [2.05, 4.69) is 15.6 Å². The molecule has 13 heteroatoms. The summed E-state index contributed by atoms with van der Waals surface area (Å²) in [5, 5.41) is 15.3. The lowest BCUT2D eigenvalue weighted by atomic mass is 9.90. The van der Waals surface area contributed by atoms with Crippen LogP contribution in [0.2, 0.25) is 0 Å². The number of carbonyl (C=O) groups excluding carboxylic acids is 2. The number of rotatable bonds is 4. The van der Waals surface area contributed by atoms with E-state index >= 15 is 0 Å². The van der Waals surface area contributed by atoms with Gasteiger partial charge in [0.05, 0.1) is 12.5 Å². The minimum absolute atomic E-state index is 0.00245. The Labute approximate surface area is 191 Å². The number of halogens is 3. The zero-order valence-electron chi connectivity index (χ0n) is 17.6. The van der Waals surface area contributed by atoms with Crippen LogP contribution in [0, 0.1) is 5.92 Å². The SMILES string of the molecule is O=C(NC1CCC(NC(=O)C2CCCOC2)CC1)c1csc2nccn12.O=C(O)C(F)(F)F. The van der Waals surface area contributed by atoms with Crippen molar-refractivity contribution in [2.75, 3.05) is 13.2 Å². The van der Waals surface area contributed by atoms with Crippen LogP contribution in [0.1, 0.15) is 49.0 Å². The lowest BCUT2D eigenvalue weighted by molar-refractivity contribution is -0.192. The fourth-order valence-corrected chi connectivity index (χ4v) is 4.63. The molecule has 2 aliphatic rings. The largest absolute Gasteiger partial charge is 0.490 e. The highest BCUT2D eigenvalue weighted by Crippen LogP contribution is 2.22. The average Bonchev–Trinajstić information content (AvgIpc) is 3.39. The van der Waals surface area contributed by atoms with Crippen molar-refractivity contribution in [3.8, 4) is 0 Å². The number of alkyl halides is 3. The minimum atomic E-state index is -5.08. The Morgan fingerprint density at radius 3 is 2.33 bits per heavy atom. The van der Waals surface area contributed by atoms with Crippen molar-refractivity contribution in [2.24, 2.45) is 5.92 Å². The average molecular weight is 491 g/mol. The fourth-order valence-electron chi connectivity index (χ4n) is 3.80. The molecule has 3 heterocycles. The van der Waals surface area contributed by atoms with Gasteiger partial charge in [0, 0.05) is 36.5 Å². The third kappa shape index (κ3) is 6.90. The monoisotopic (exact) mass is 490 g/mol. The maximum absolute atomic E-state index is 12.5. The topological polar surface area (TPSA) is 122 Å². The second kappa shape index (κ2) is 11.0. The molecule has 2 aromatic heterocycles. The van der Waals surface area contributed by atoms with Crippen LogP contribution in [-0.4, -0.2) is 63.7 Å². The normalized spacial score (nSPS) is 23.3. The van der Waals surface area contributed by atoms with Crippen molar-refractivity contribution in [3.63, 3.8) is 0 Å². The number of ether oxygens (including phenoxy) is 1. The quantitative estimate of drug-likeness (QED) is 0.606. The van der Waals surface area contributed by atoms with Crippen molar-refractivity contribution in [2.45, 2.75) is 56.8 Å². The zero-order chi connectivity index (χ0) is 24.0. The summed E-state index contributed by atoms with van der Waals surface area (Å²) in [6.07, 6.45) is 3.87. The molecule has 182 valence electrons. The van der Waals surface area contributed by atoms with Crippen LogP contribution in [-0.2, 0) is 14.3 Å². The molecular formula is C20H25F3N4O5S. The van der Waals surface area contributed by atoms with Crippen molar-refractivity contribution in [1.29, 1.82) is 0 Å². The van der Waals surface area contributed by atoms with Crippen LogP contribution in [0.25, 0.3) is 4.96 Å². The number of aliphatic carboxylic acids is 1. The Morgan fingerprint density at radius 1 is 1.12 bits per heavy atom. The van der Waals surface area contributed by atoms with Gasteiger partial charge < -0.3 is 20.5 Å². The van der Waals surface area contributed by atoms with Gasteiger partial charge in [-0.25, -0.2) is 9.78 Å². The van der Waals surface area contributed by atoms with Gasteiger partial charge in [-0.3, -0.25) is 14.0 Å². The Hall–Kier alpha value is -2.67. The minimum Gasteiger partial charge on any atom is -0.475 e. The van der Waals surface area contributed by atoms with E-state index in [1.165, 1.54) is 11.3 Å². The molecular weight excluding hydrogens is 465 g/mol. The maximum atomic E-state index is 12.5. The highest BCUT2D eigenvalue weighted by atomic mass is 32.1. The van der Waals surface area contributed by atoms with Gasteiger partial charge in [0.25, 0.3) is 5.91 Å². The Morgan fingerprint density at radius 2 is 1.76 bits per heavy atom. The third-order valence-electron chi connectivity index (χ3n) is 5.56. The predicted molar refractivity (Wildman–Crippen MR) is 112 cm³/mol. The molecule has 2 aromatic rings. The highest BCUT2D eigenvalue weighted by Gasteiger charge is 2.38. The van der Waals surface area contributed by atoms with Crippen LogP contribution in [0.4, 0.5) is 13.2 Å². The van der Waals surface area contributed by atoms with Gasteiger partial charge in [0.1, 0.15) is 5.69 Å². The Kier molecular flexibility index (Phi) is 8.30. The first-order valence-electron chi connectivity index (χ1n) is 10.5. The van der Waals surface area contributed by atoms with Gasteiger partial charge in [0.15, 0.2) is 4.96 Å². The van der Waals surface area contributed by atoms with Crippen LogP contribution < -0.4 is 10.6 Å². The van der Waals surface area contributed by atoms with E-state index in [9.17, 15) is 22.8 Å². The first-order chi connectivity index (χ1) is 15.6. The third-order valence-corrected chi connectivity index (χ3v) is 6.41. The summed E-state index contributed by atoms with van der Waals surface area (Å²) in [5.74, 6) is -2.69. The molecule has 4 rings (SSSR count). The highest BCUT2D eigenvalue weighted by molar-refractivity contribution is 7.15. The standard InChI is InChI=1S/C18H24N4O3S.C2HF3O2/c23-16(12-2-1-9-25-10-12)20-13-3-5-14(6-4-13)21-17(24)15-11-26-18-19-7-8-22(15)18;3-2(4,5)1(6)7/h7-8,11-14H,1-6,9-10H2,(H,20,23)(H,21,24);(H,6,7). The van der Waals surface area contributed by atoms with Gasteiger partial charge in [-0.15, -0.1) is 11.3 Å². The number of carbonyl (C=O) groups is 3. The van der Waals surface area contributed by atoms with Crippen molar-refractivity contribution in [1.82, 2.24) is 20.0 Å². The first-order valence-corrected chi connectivity index (χ1v) is 11.4. The van der Waals surface area contributed by atoms with E-state index < -0.39 is 12.1 Å². The molecule has 2 amide bonds. The molecule has 1 aliphatic heterocycles. The lowest BCUT2D eigenvalue weighted by Gasteiger charge is -2.31. The van der Waals surface area contributed by atoms with Crippen LogP contribution in [0.5, 0.6) is 0 Å². The number of carboxylic acids is 1. The van der Waals surface area contributed by atoms with Gasteiger partial charge >= 0.3 is 12.1 Å². The summed E-state index contributed by atoms with van der Waals surface area (Å²) >= 11 is 1.46. The molecule has 0 radical (unpaired) electrons. The molecule has 1 unspecified atom stereocenters. The maximum Gasteiger partial charge on any atom is 0.490 e. The number of hydrogen-bond donors (Lipinski definition) is 3.